The third-order valence-electron chi connectivity index (χ3n) is 5.44. The van der Waals surface area contributed by atoms with Gasteiger partial charge in [0.2, 0.25) is 0 Å². The van der Waals surface area contributed by atoms with Crippen molar-refractivity contribution in [1.82, 2.24) is 34.9 Å². The Hall–Kier alpha value is -3.29. The zero-order chi connectivity index (χ0) is 23.9. The Kier molecular flexibility index (Phi) is 5.83. The maximum absolute atomic E-state index is 13.0. The molecule has 4 aromatic heterocycles. The number of alkyl halides is 5. The highest BCUT2D eigenvalue weighted by atomic mass is 32.1. The molecule has 34 heavy (non-hydrogen) atoms. The third-order valence-corrected chi connectivity index (χ3v) is 6.55. The van der Waals surface area contributed by atoms with Crippen LogP contribution in [0, 0.1) is 0 Å². The van der Waals surface area contributed by atoms with Gasteiger partial charge in [0.25, 0.3) is 6.43 Å². The number of pyridine rings is 1. The first-order valence-corrected chi connectivity index (χ1v) is 11.2. The molecule has 0 spiro atoms. The average Bonchev–Trinajstić information content (AvgIpc) is 3.46. The van der Waals surface area contributed by atoms with Crippen molar-refractivity contribution in [3.05, 3.63) is 41.3 Å². The summed E-state index contributed by atoms with van der Waals surface area (Å²) in [4.78, 5) is 14.5. The van der Waals surface area contributed by atoms with Crippen LogP contribution in [0.15, 0.2) is 30.6 Å². The summed E-state index contributed by atoms with van der Waals surface area (Å²) in [6.45, 7) is 0.662. The molecule has 0 N–H and O–H groups in total. The molecule has 1 unspecified atom stereocenters. The van der Waals surface area contributed by atoms with Crippen LogP contribution >= 0.6 is 11.3 Å². The van der Waals surface area contributed by atoms with Crippen molar-refractivity contribution in [2.75, 3.05) is 18.0 Å². The topological polar surface area (TPSA) is 85.5 Å². The maximum atomic E-state index is 13.0. The van der Waals surface area contributed by atoms with Crippen LogP contribution in [0.3, 0.4) is 0 Å². The summed E-state index contributed by atoms with van der Waals surface area (Å²) < 4.78 is 65.8. The molecule has 1 aliphatic rings. The Morgan fingerprint density at radius 1 is 1.12 bits per heavy atom. The minimum absolute atomic E-state index is 0.0192. The van der Waals surface area contributed by atoms with E-state index in [1.165, 1.54) is 29.7 Å². The van der Waals surface area contributed by atoms with Crippen molar-refractivity contribution in [2.45, 2.75) is 37.9 Å². The second kappa shape index (κ2) is 8.81. The summed E-state index contributed by atoms with van der Waals surface area (Å²) in [5.74, 6) is 0.520. The normalized spacial score (nSPS) is 17.1. The number of hydrogen-bond acceptors (Lipinski definition) is 8. The average molecular weight is 496 g/mol. The van der Waals surface area contributed by atoms with Gasteiger partial charge in [-0.2, -0.15) is 18.3 Å². The molecule has 4 aromatic rings. The number of halogens is 5. The summed E-state index contributed by atoms with van der Waals surface area (Å²) in [6, 6.07) is 3.68. The molecule has 0 amide bonds. The summed E-state index contributed by atoms with van der Waals surface area (Å²) in [5, 5.41) is 13.2. The molecule has 1 aliphatic heterocycles. The van der Waals surface area contributed by atoms with E-state index < -0.39 is 24.8 Å². The molecule has 1 saturated heterocycles. The number of hydrogen-bond donors (Lipinski definition) is 0. The lowest BCUT2D eigenvalue weighted by Crippen LogP contribution is -2.35. The Labute approximate surface area is 193 Å². The van der Waals surface area contributed by atoms with Gasteiger partial charge >= 0.3 is 6.18 Å². The van der Waals surface area contributed by atoms with Crippen molar-refractivity contribution in [1.29, 1.82) is 0 Å². The van der Waals surface area contributed by atoms with Gasteiger partial charge in [-0.25, -0.2) is 28.4 Å². The lowest BCUT2D eigenvalue weighted by atomic mass is 9.99. The van der Waals surface area contributed by atoms with E-state index in [-0.39, 0.29) is 17.3 Å². The molecule has 1 fully saturated rings. The number of anilines is 1. The fourth-order valence-corrected chi connectivity index (χ4v) is 4.80. The van der Waals surface area contributed by atoms with Crippen molar-refractivity contribution in [2.24, 2.45) is 0 Å². The molecular formula is C20H17F5N8S. The van der Waals surface area contributed by atoms with Gasteiger partial charge in [0.1, 0.15) is 34.3 Å². The fourth-order valence-electron chi connectivity index (χ4n) is 3.86. The SMILES string of the molecule is FC(F)Cn1ncc2ncc(N3CCCC(c4nnc(-c5cccc(C(F)(F)F)n5)s4)C3)nc21. The number of piperidine rings is 1. The van der Waals surface area contributed by atoms with Crippen LogP contribution in [0.2, 0.25) is 0 Å². The second-order valence-corrected chi connectivity index (χ2v) is 8.80. The van der Waals surface area contributed by atoms with Crippen molar-refractivity contribution >= 4 is 28.3 Å². The van der Waals surface area contributed by atoms with Crippen molar-refractivity contribution < 1.29 is 22.0 Å². The number of rotatable bonds is 5. The zero-order valence-electron chi connectivity index (χ0n) is 17.5. The van der Waals surface area contributed by atoms with Gasteiger partial charge in [0, 0.05) is 19.0 Å². The molecule has 14 heteroatoms. The van der Waals surface area contributed by atoms with Gasteiger partial charge < -0.3 is 4.90 Å². The van der Waals surface area contributed by atoms with E-state index in [2.05, 4.69) is 30.2 Å². The van der Waals surface area contributed by atoms with E-state index in [1.807, 2.05) is 4.90 Å². The van der Waals surface area contributed by atoms with Gasteiger partial charge in [0.15, 0.2) is 10.7 Å². The molecule has 0 aromatic carbocycles. The second-order valence-electron chi connectivity index (χ2n) is 7.79. The molecule has 0 aliphatic carbocycles. The zero-order valence-corrected chi connectivity index (χ0v) is 18.3. The summed E-state index contributed by atoms with van der Waals surface area (Å²) in [6.07, 6.45) is -2.49. The molecule has 1 atom stereocenters. The molecule has 0 bridgehead atoms. The van der Waals surface area contributed by atoms with Crippen LogP contribution in [0.1, 0.15) is 29.5 Å². The Balaban J connectivity index is 1.36. The monoisotopic (exact) mass is 496 g/mol. The third kappa shape index (κ3) is 4.54. The Bertz CT molecular complexity index is 1300. The van der Waals surface area contributed by atoms with E-state index in [1.54, 1.807) is 6.20 Å². The number of fused-ring (bicyclic) bond motifs is 1. The van der Waals surface area contributed by atoms with Gasteiger partial charge in [-0.1, -0.05) is 17.4 Å². The van der Waals surface area contributed by atoms with Crippen LogP contribution in [0.25, 0.3) is 21.9 Å². The van der Waals surface area contributed by atoms with Crippen molar-refractivity contribution in [3.63, 3.8) is 0 Å². The smallest absolute Gasteiger partial charge is 0.355 e. The molecule has 5 rings (SSSR count). The molecule has 178 valence electrons. The number of aromatic nitrogens is 7. The fraction of sp³-hybridized carbons (Fsp3) is 0.400. The molecular weight excluding hydrogens is 479 g/mol. The van der Waals surface area contributed by atoms with Crippen LogP contribution < -0.4 is 4.90 Å². The Morgan fingerprint density at radius 2 is 1.97 bits per heavy atom. The van der Waals surface area contributed by atoms with E-state index in [4.69, 9.17) is 0 Å². The van der Waals surface area contributed by atoms with Crippen LogP contribution in [-0.4, -0.2) is 54.4 Å². The standard InChI is InChI=1S/C20H17F5N8S/c21-15(22)10-33-17-13(7-27-33)26-8-16(29-17)32-6-2-3-11(9-32)18-30-31-19(34-18)12-4-1-5-14(28-12)20(23,24)25/h1,4-5,7-8,11,15H,2-3,6,9-10H2. The largest absolute Gasteiger partial charge is 0.433 e. The van der Waals surface area contributed by atoms with E-state index >= 15 is 0 Å². The minimum atomic E-state index is -4.54. The number of nitrogens with zero attached hydrogens (tertiary/aromatic N) is 8. The first kappa shape index (κ1) is 22.5. The van der Waals surface area contributed by atoms with E-state index in [0.29, 0.717) is 34.4 Å². The molecule has 0 saturated carbocycles. The summed E-state index contributed by atoms with van der Waals surface area (Å²) >= 11 is 1.21. The molecule has 0 radical (unpaired) electrons. The minimum Gasteiger partial charge on any atom is -0.355 e. The van der Waals surface area contributed by atoms with Gasteiger partial charge in [-0.05, 0) is 25.0 Å². The maximum Gasteiger partial charge on any atom is 0.433 e. The summed E-state index contributed by atoms with van der Waals surface area (Å²) in [7, 11) is 0. The predicted octanol–water partition coefficient (Wildman–Crippen LogP) is 4.41. The van der Waals surface area contributed by atoms with Crippen LogP contribution in [0.4, 0.5) is 27.8 Å². The highest BCUT2D eigenvalue weighted by Gasteiger charge is 2.33. The highest BCUT2D eigenvalue weighted by Crippen LogP contribution is 2.35. The molecule has 5 heterocycles. The predicted molar refractivity (Wildman–Crippen MR) is 114 cm³/mol. The van der Waals surface area contributed by atoms with Gasteiger partial charge in [0.05, 0.1) is 12.4 Å². The molecule has 8 nitrogen and oxygen atoms in total. The van der Waals surface area contributed by atoms with E-state index in [0.717, 1.165) is 23.6 Å². The quantitative estimate of drug-likeness (QED) is 0.379. The van der Waals surface area contributed by atoms with Gasteiger partial charge in [-0.3, -0.25) is 0 Å². The van der Waals surface area contributed by atoms with E-state index in [9.17, 15) is 22.0 Å². The highest BCUT2D eigenvalue weighted by molar-refractivity contribution is 7.14. The first-order valence-electron chi connectivity index (χ1n) is 10.4. The van der Waals surface area contributed by atoms with Gasteiger partial charge in [-0.15, -0.1) is 10.2 Å². The van der Waals surface area contributed by atoms with Crippen molar-refractivity contribution in [3.8, 4) is 10.7 Å². The van der Waals surface area contributed by atoms with Crippen LogP contribution in [0.5, 0.6) is 0 Å². The lowest BCUT2D eigenvalue weighted by Gasteiger charge is -2.32. The van der Waals surface area contributed by atoms with Crippen LogP contribution in [-0.2, 0) is 12.7 Å². The lowest BCUT2D eigenvalue weighted by molar-refractivity contribution is -0.141. The first-order chi connectivity index (χ1) is 16.3. The summed E-state index contributed by atoms with van der Waals surface area (Å²) in [5.41, 5.74) is -0.144. The Morgan fingerprint density at radius 3 is 2.76 bits per heavy atom.